The van der Waals surface area contributed by atoms with Crippen LogP contribution < -0.4 is 0 Å². The van der Waals surface area contributed by atoms with Crippen molar-refractivity contribution in [2.24, 2.45) is 0 Å². The highest BCUT2D eigenvalue weighted by atomic mass is 16.6. The van der Waals surface area contributed by atoms with Gasteiger partial charge in [-0.1, -0.05) is 0 Å². The summed E-state index contributed by atoms with van der Waals surface area (Å²) in [4.78, 5) is 44.9. The van der Waals surface area contributed by atoms with Gasteiger partial charge in [0.25, 0.3) is 17.1 Å². The summed E-state index contributed by atoms with van der Waals surface area (Å²) >= 11 is 0. The fourth-order valence-electron chi connectivity index (χ4n) is 2.71. The molecule has 0 radical (unpaired) electrons. The van der Waals surface area contributed by atoms with E-state index in [4.69, 9.17) is 0 Å². The molecule has 13 nitrogen and oxygen atoms in total. The number of hydrogen-bond donors (Lipinski definition) is 0. The van der Waals surface area contributed by atoms with Crippen molar-refractivity contribution in [3.8, 4) is 0 Å². The SMILES string of the molecule is O=[N+]([O-])c1ccc(CN(Cc2ccc([N+](=O)[O-])cn2)Cc2ccc([N+](=O)[O-])cn2)nc1. The lowest BCUT2D eigenvalue weighted by Gasteiger charge is -2.21. The van der Waals surface area contributed by atoms with Crippen LogP contribution in [-0.4, -0.2) is 34.6 Å². The lowest BCUT2D eigenvalue weighted by molar-refractivity contribution is -0.385. The Balaban J connectivity index is 1.80. The van der Waals surface area contributed by atoms with Crippen molar-refractivity contribution in [2.75, 3.05) is 0 Å². The van der Waals surface area contributed by atoms with Gasteiger partial charge in [0, 0.05) is 37.8 Å². The van der Waals surface area contributed by atoms with Crippen LogP contribution in [-0.2, 0) is 19.6 Å². The molecule has 0 fully saturated rings. The van der Waals surface area contributed by atoms with Gasteiger partial charge in [0.2, 0.25) is 0 Å². The number of nitro groups is 3. The second kappa shape index (κ2) is 9.41. The largest absolute Gasteiger partial charge is 0.287 e. The minimum absolute atomic E-state index is 0.135. The van der Waals surface area contributed by atoms with E-state index in [-0.39, 0.29) is 36.7 Å². The second-order valence-corrected chi connectivity index (χ2v) is 6.44. The molecule has 3 aromatic heterocycles. The molecule has 0 atom stereocenters. The zero-order valence-corrected chi connectivity index (χ0v) is 15.9. The standard InChI is InChI=1S/C18H15N7O6/c26-23(27)16-4-1-13(19-7-16)10-22(11-14-2-5-17(8-20-14)24(28)29)12-15-3-6-18(9-21-15)25(30)31/h1-9H,10-12H2. The molecular formula is C18H15N7O6. The Morgan fingerprint density at radius 1 is 0.581 bits per heavy atom. The zero-order valence-electron chi connectivity index (χ0n) is 15.9. The molecule has 0 amide bonds. The Morgan fingerprint density at radius 2 is 0.871 bits per heavy atom. The number of hydrogen-bond acceptors (Lipinski definition) is 10. The first-order valence-corrected chi connectivity index (χ1v) is 8.82. The topological polar surface area (TPSA) is 171 Å². The Labute approximate surface area is 174 Å². The molecule has 0 aliphatic rings. The van der Waals surface area contributed by atoms with Gasteiger partial charge in [0.15, 0.2) is 0 Å². The third-order valence-corrected chi connectivity index (χ3v) is 4.22. The molecule has 0 aliphatic carbocycles. The van der Waals surface area contributed by atoms with Crippen molar-refractivity contribution in [3.05, 3.63) is 102 Å². The van der Waals surface area contributed by atoms with E-state index in [1.54, 1.807) is 0 Å². The van der Waals surface area contributed by atoms with Crippen molar-refractivity contribution >= 4 is 17.1 Å². The summed E-state index contributed by atoms with van der Waals surface area (Å²) in [5, 5.41) is 32.4. The minimum atomic E-state index is -0.546. The maximum absolute atomic E-state index is 10.8. The van der Waals surface area contributed by atoms with Crippen molar-refractivity contribution in [1.82, 2.24) is 19.9 Å². The van der Waals surface area contributed by atoms with Gasteiger partial charge in [-0.15, -0.1) is 0 Å². The summed E-state index contributed by atoms with van der Waals surface area (Å²) in [5.74, 6) is 0. The first kappa shape index (κ1) is 21.3. The number of nitrogens with zero attached hydrogens (tertiary/aromatic N) is 7. The van der Waals surface area contributed by atoms with E-state index >= 15 is 0 Å². The van der Waals surface area contributed by atoms with Gasteiger partial charge in [-0.2, -0.15) is 0 Å². The highest BCUT2D eigenvalue weighted by molar-refractivity contribution is 5.29. The van der Waals surface area contributed by atoms with Gasteiger partial charge in [0.05, 0.1) is 31.9 Å². The molecule has 158 valence electrons. The second-order valence-electron chi connectivity index (χ2n) is 6.44. The van der Waals surface area contributed by atoms with Crippen LogP contribution in [0, 0.1) is 30.3 Å². The number of aromatic nitrogens is 3. The molecule has 3 rings (SSSR count). The summed E-state index contributed by atoms with van der Waals surface area (Å²) in [6.45, 7) is 0.819. The smallest absolute Gasteiger partial charge is 0.286 e. The molecule has 0 N–H and O–H groups in total. The molecule has 0 aliphatic heterocycles. The lowest BCUT2D eigenvalue weighted by Crippen LogP contribution is -2.24. The predicted molar refractivity (Wildman–Crippen MR) is 106 cm³/mol. The molecule has 0 unspecified atom stereocenters. The van der Waals surface area contributed by atoms with Crippen LogP contribution in [0.4, 0.5) is 17.1 Å². The van der Waals surface area contributed by atoms with Gasteiger partial charge in [-0.25, -0.2) is 0 Å². The molecule has 0 saturated heterocycles. The van der Waals surface area contributed by atoms with Crippen LogP contribution in [0.5, 0.6) is 0 Å². The van der Waals surface area contributed by atoms with E-state index in [2.05, 4.69) is 15.0 Å². The van der Waals surface area contributed by atoms with Crippen molar-refractivity contribution in [2.45, 2.75) is 19.6 Å². The zero-order chi connectivity index (χ0) is 22.4. The van der Waals surface area contributed by atoms with Crippen molar-refractivity contribution in [3.63, 3.8) is 0 Å². The molecule has 0 spiro atoms. The maximum Gasteiger partial charge on any atom is 0.287 e. The average Bonchev–Trinajstić information content (AvgIpc) is 2.75. The van der Waals surface area contributed by atoms with Crippen LogP contribution in [0.25, 0.3) is 0 Å². The molecule has 0 aromatic carbocycles. The third-order valence-electron chi connectivity index (χ3n) is 4.22. The van der Waals surface area contributed by atoms with Gasteiger partial charge < -0.3 is 0 Å². The molecular weight excluding hydrogens is 410 g/mol. The van der Waals surface area contributed by atoms with Crippen molar-refractivity contribution in [1.29, 1.82) is 0 Å². The van der Waals surface area contributed by atoms with E-state index in [9.17, 15) is 30.3 Å². The van der Waals surface area contributed by atoms with Gasteiger partial charge in [-0.05, 0) is 18.2 Å². The fourth-order valence-corrected chi connectivity index (χ4v) is 2.71. The average molecular weight is 425 g/mol. The Hall–Kier alpha value is -4.39. The summed E-state index contributed by atoms with van der Waals surface area (Å²) in [6.07, 6.45) is 3.46. The van der Waals surface area contributed by atoms with Crippen LogP contribution >= 0.6 is 0 Å². The highest BCUT2D eigenvalue weighted by Gasteiger charge is 2.15. The summed E-state index contributed by atoms with van der Waals surface area (Å²) < 4.78 is 0. The first-order chi connectivity index (χ1) is 14.8. The molecule has 13 heteroatoms. The van der Waals surface area contributed by atoms with E-state index in [0.717, 1.165) is 18.6 Å². The van der Waals surface area contributed by atoms with Crippen molar-refractivity contribution < 1.29 is 14.8 Å². The molecule has 0 saturated carbocycles. The molecule has 3 heterocycles. The molecule has 0 bridgehead atoms. The van der Waals surface area contributed by atoms with Gasteiger partial charge >= 0.3 is 0 Å². The van der Waals surface area contributed by atoms with E-state index in [0.29, 0.717) is 17.1 Å². The van der Waals surface area contributed by atoms with E-state index < -0.39 is 14.8 Å². The van der Waals surface area contributed by atoms with Crippen LogP contribution in [0.2, 0.25) is 0 Å². The molecule has 31 heavy (non-hydrogen) atoms. The minimum Gasteiger partial charge on any atom is -0.286 e. The van der Waals surface area contributed by atoms with Gasteiger partial charge in [0.1, 0.15) is 18.6 Å². The fraction of sp³-hybridized carbons (Fsp3) is 0.167. The van der Waals surface area contributed by atoms with Crippen LogP contribution in [0.1, 0.15) is 17.1 Å². The van der Waals surface area contributed by atoms with Gasteiger partial charge in [-0.3, -0.25) is 50.2 Å². The lowest BCUT2D eigenvalue weighted by atomic mass is 10.2. The monoisotopic (exact) mass is 425 g/mol. The maximum atomic E-state index is 10.8. The predicted octanol–water partition coefficient (Wildman–Crippen LogP) is 2.80. The van der Waals surface area contributed by atoms with Crippen LogP contribution in [0.3, 0.4) is 0 Å². The highest BCUT2D eigenvalue weighted by Crippen LogP contribution is 2.17. The summed E-state index contributed by atoms with van der Waals surface area (Å²) in [5.41, 5.74) is 1.25. The molecule has 3 aromatic rings. The Bertz CT molecular complexity index is 946. The first-order valence-electron chi connectivity index (χ1n) is 8.82. The number of pyridine rings is 3. The third kappa shape index (κ3) is 5.80. The van der Waals surface area contributed by atoms with Crippen LogP contribution in [0.15, 0.2) is 55.0 Å². The van der Waals surface area contributed by atoms with E-state index in [1.165, 1.54) is 36.4 Å². The number of rotatable bonds is 9. The summed E-state index contributed by atoms with van der Waals surface area (Å²) in [6, 6.07) is 8.60. The Kier molecular flexibility index (Phi) is 6.47. The quantitative estimate of drug-likeness (QED) is 0.366. The van der Waals surface area contributed by atoms with E-state index in [1.807, 2.05) is 4.90 Å². The Morgan fingerprint density at radius 3 is 1.06 bits per heavy atom. The summed E-state index contributed by atoms with van der Waals surface area (Å²) in [7, 11) is 0. The normalized spacial score (nSPS) is 10.7.